The van der Waals surface area contributed by atoms with Crippen LogP contribution in [0.2, 0.25) is 0 Å². The Morgan fingerprint density at radius 2 is 1.89 bits per heavy atom. The summed E-state index contributed by atoms with van der Waals surface area (Å²) in [5.41, 5.74) is 1.10. The molecule has 2 aliphatic carbocycles. The van der Waals surface area contributed by atoms with Crippen LogP contribution in [0.1, 0.15) is 50.6 Å². The highest BCUT2D eigenvalue weighted by Crippen LogP contribution is 2.45. The van der Waals surface area contributed by atoms with Gasteiger partial charge in [0.2, 0.25) is 0 Å². The number of nitrogens with one attached hydrogen (secondary N) is 1. The second-order valence-corrected chi connectivity index (χ2v) is 5.88. The highest BCUT2D eigenvalue weighted by atomic mass is 19.1. The molecule has 18 heavy (non-hydrogen) atoms. The average molecular weight is 247 g/mol. The zero-order chi connectivity index (χ0) is 12.5. The maximum atomic E-state index is 13.3. The lowest BCUT2D eigenvalue weighted by atomic mass is 10.00. The SMILES string of the molecule is CCC(NC(C1CC1)C1CC1)c1cccc(F)c1. The minimum atomic E-state index is -0.123. The molecule has 1 atom stereocenters. The summed E-state index contributed by atoms with van der Waals surface area (Å²) in [5, 5.41) is 3.80. The maximum absolute atomic E-state index is 13.3. The summed E-state index contributed by atoms with van der Waals surface area (Å²) in [4.78, 5) is 0. The molecule has 1 aromatic carbocycles. The fourth-order valence-electron chi connectivity index (χ4n) is 2.97. The maximum Gasteiger partial charge on any atom is 0.123 e. The molecule has 1 unspecified atom stereocenters. The molecule has 0 bridgehead atoms. The summed E-state index contributed by atoms with van der Waals surface area (Å²) in [5.74, 6) is 1.65. The first-order valence-electron chi connectivity index (χ1n) is 7.29. The largest absolute Gasteiger partial charge is 0.307 e. The van der Waals surface area contributed by atoms with Crippen LogP contribution in [0.25, 0.3) is 0 Å². The molecule has 2 fully saturated rings. The Morgan fingerprint density at radius 1 is 1.22 bits per heavy atom. The molecule has 1 aromatic rings. The molecular formula is C16H22FN. The van der Waals surface area contributed by atoms with Crippen LogP contribution >= 0.6 is 0 Å². The number of rotatable bonds is 6. The third-order valence-electron chi connectivity index (χ3n) is 4.31. The Kier molecular flexibility index (Phi) is 3.38. The third-order valence-corrected chi connectivity index (χ3v) is 4.31. The van der Waals surface area contributed by atoms with E-state index >= 15 is 0 Å². The Labute approximate surface area is 109 Å². The molecule has 2 aliphatic rings. The van der Waals surface area contributed by atoms with Gasteiger partial charge in [-0.2, -0.15) is 0 Å². The van der Waals surface area contributed by atoms with E-state index < -0.39 is 0 Å². The van der Waals surface area contributed by atoms with E-state index in [9.17, 15) is 4.39 Å². The Balaban J connectivity index is 1.71. The van der Waals surface area contributed by atoms with Gasteiger partial charge in [0, 0.05) is 12.1 Å². The molecule has 0 radical (unpaired) electrons. The molecule has 1 nitrogen and oxygen atoms in total. The van der Waals surface area contributed by atoms with Crippen molar-refractivity contribution in [1.82, 2.24) is 5.32 Å². The van der Waals surface area contributed by atoms with E-state index in [2.05, 4.69) is 12.2 Å². The zero-order valence-corrected chi connectivity index (χ0v) is 11.0. The lowest BCUT2D eigenvalue weighted by Gasteiger charge is -2.25. The fraction of sp³-hybridized carbons (Fsp3) is 0.625. The topological polar surface area (TPSA) is 12.0 Å². The highest BCUT2D eigenvalue weighted by Gasteiger charge is 2.42. The van der Waals surface area contributed by atoms with Crippen LogP contribution in [-0.4, -0.2) is 6.04 Å². The summed E-state index contributed by atoms with van der Waals surface area (Å²) >= 11 is 0. The predicted octanol–water partition coefficient (Wildman–Crippen LogP) is 4.06. The van der Waals surface area contributed by atoms with Gasteiger partial charge in [0.15, 0.2) is 0 Å². The second-order valence-electron chi connectivity index (χ2n) is 5.88. The molecule has 2 saturated carbocycles. The second kappa shape index (κ2) is 5.00. The molecule has 0 aromatic heterocycles. The first-order valence-corrected chi connectivity index (χ1v) is 7.29. The van der Waals surface area contributed by atoms with Crippen molar-refractivity contribution in [3.05, 3.63) is 35.6 Å². The van der Waals surface area contributed by atoms with Gasteiger partial charge in [-0.15, -0.1) is 0 Å². The van der Waals surface area contributed by atoms with Crippen molar-refractivity contribution in [2.75, 3.05) is 0 Å². The van der Waals surface area contributed by atoms with E-state index in [-0.39, 0.29) is 5.82 Å². The lowest BCUT2D eigenvalue weighted by molar-refractivity contribution is 0.358. The molecule has 0 aliphatic heterocycles. The van der Waals surface area contributed by atoms with Gasteiger partial charge in [-0.3, -0.25) is 0 Å². The average Bonchev–Trinajstić information content (AvgIpc) is 3.24. The summed E-state index contributed by atoms with van der Waals surface area (Å²) in [6.07, 6.45) is 6.56. The summed E-state index contributed by atoms with van der Waals surface area (Å²) in [6, 6.07) is 8.05. The molecule has 98 valence electrons. The monoisotopic (exact) mass is 247 g/mol. The van der Waals surface area contributed by atoms with Gasteiger partial charge in [0.25, 0.3) is 0 Å². The number of hydrogen-bond acceptors (Lipinski definition) is 1. The normalized spacial score (nSPS) is 21.3. The van der Waals surface area contributed by atoms with Crippen molar-refractivity contribution in [1.29, 1.82) is 0 Å². The van der Waals surface area contributed by atoms with E-state index in [0.29, 0.717) is 12.1 Å². The van der Waals surface area contributed by atoms with Gasteiger partial charge < -0.3 is 5.32 Å². The first-order chi connectivity index (χ1) is 8.78. The van der Waals surface area contributed by atoms with E-state index in [4.69, 9.17) is 0 Å². The third kappa shape index (κ3) is 2.74. The fourth-order valence-corrected chi connectivity index (χ4v) is 2.97. The van der Waals surface area contributed by atoms with Crippen LogP contribution in [0.4, 0.5) is 4.39 Å². The van der Waals surface area contributed by atoms with Crippen molar-refractivity contribution in [3.8, 4) is 0 Å². The van der Waals surface area contributed by atoms with Gasteiger partial charge in [-0.25, -0.2) is 4.39 Å². The Hall–Kier alpha value is -0.890. The molecule has 3 rings (SSSR count). The highest BCUT2D eigenvalue weighted by molar-refractivity contribution is 5.20. The van der Waals surface area contributed by atoms with E-state index in [1.165, 1.54) is 31.7 Å². The Morgan fingerprint density at radius 3 is 2.39 bits per heavy atom. The number of benzene rings is 1. The lowest BCUT2D eigenvalue weighted by Crippen LogP contribution is -2.36. The van der Waals surface area contributed by atoms with Crippen LogP contribution in [-0.2, 0) is 0 Å². The predicted molar refractivity (Wildman–Crippen MR) is 71.8 cm³/mol. The van der Waals surface area contributed by atoms with Crippen LogP contribution < -0.4 is 5.32 Å². The summed E-state index contributed by atoms with van der Waals surface area (Å²) in [6.45, 7) is 2.18. The molecule has 0 spiro atoms. The van der Waals surface area contributed by atoms with Crippen molar-refractivity contribution >= 4 is 0 Å². The molecular weight excluding hydrogens is 225 g/mol. The van der Waals surface area contributed by atoms with E-state index in [0.717, 1.165) is 23.8 Å². The van der Waals surface area contributed by atoms with E-state index in [1.807, 2.05) is 12.1 Å². The number of halogens is 1. The van der Waals surface area contributed by atoms with Crippen LogP contribution in [0.3, 0.4) is 0 Å². The van der Waals surface area contributed by atoms with E-state index in [1.54, 1.807) is 6.07 Å². The van der Waals surface area contributed by atoms with Crippen molar-refractivity contribution < 1.29 is 4.39 Å². The minimum Gasteiger partial charge on any atom is -0.307 e. The smallest absolute Gasteiger partial charge is 0.123 e. The molecule has 0 amide bonds. The van der Waals surface area contributed by atoms with Gasteiger partial charge in [0.1, 0.15) is 5.82 Å². The zero-order valence-electron chi connectivity index (χ0n) is 11.0. The number of hydrogen-bond donors (Lipinski definition) is 1. The molecule has 2 heteroatoms. The Bertz CT molecular complexity index is 397. The molecule has 1 N–H and O–H groups in total. The van der Waals surface area contributed by atoms with Crippen LogP contribution in [0.15, 0.2) is 24.3 Å². The quantitative estimate of drug-likeness (QED) is 0.799. The summed E-state index contributed by atoms with van der Waals surface area (Å²) in [7, 11) is 0. The molecule has 0 saturated heterocycles. The van der Waals surface area contributed by atoms with Gasteiger partial charge in [-0.1, -0.05) is 19.1 Å². The summed E-state index contributed by atoms with van der Waals surface area (Å²) < 4.78 is 13.3. The van der Waals surface area contributed by atoms with Gasteiger partial charge in [-0.05, 0) is 61.6 Å². The van der Waals surface area contributed by atoms with Crippen LogP contribution in [0, 0.1) is 17.7 Å². The van der Waals surface area contributed by atoms with Crippen molar-refractivity contribution in [3.63, 3.8) is 0 Å². The molecule has 0 heterocycles. The standard InChI is InChI=1S/C16H22FN/c1-2-15(13-4-3-5-14(17)10-13)18-16(11-6-7-11)12-8-9-12/h3-5,10-12,15-16,18H,2,6-9H2,1H3. The minimum absolute atomic E-state index is 0.123. The first kappa shape index (κ1) is 12.2. The van der Waals surface area contributed by atoms with Gasteiger partial charge >= 0.3 is 0 Å². The van der Waals surface area contributed by atoms with Crippen molar-refractivity contribution in [2.45, 2.75) is 51.1 Å². The van der Waals surface area contributed by atoms with Crippen LogP contribution in [0.5, 0.6) is 0 Å². The van der Waals surface area contributed by atoms with Crippen molar-refractivity contribution in [2.24, 2.45) is 11.8 Å². The van der Waals surface area contributed by atoms with Gasteiger partial charge in [0.05, 0.1) is 0 Å².